The van der Waals surface area contributed by atoms with Gasteiger partial charge in [-0.3, -0.25) is 9.78 Å². The van der Waals surface area contributed by atoms with E-state index in [1.807, 2.05) is 6.07 Å². The average molecular weight is 392 g/mol. The molecule has 1 amide bonds. The Bertz CT molecular complexity index is 1160. The monoisotopic (exact) mass is 392 g/mol. The van der Waals surface area contributed by atoms with E-state index in [0.717, 1.165) is 23.3 Å². The van der Waals surface area contributed by atoms with Crippen LogP contribution in [0.3, 0.4) is 0 Å². The molecule has 29 heavy (non-hydrogen) atoms. The van der Waals surface area contributed by atoms with Crippen LogP contribution in [0.5, 0.6) is 0 Å². The number of halogens is 2. The Morgan fingerprint density at radius 2 is 1.79 bits per heavy atom. The fourth-order valence-electron chi connectivity index (χ4n) is 2.74. The molecule has 0 aliphatic heterocycles. The van der Waals surface area contributed by atoms with Crippen LogP contribution in [0.25, 0.3) is 11.4 Å². The number of amides is 1. The third-order valence-electron chi connectivity index (χ3n) is 4.20. The molecule has 8 heteroatoms. The molecule has 2 aromatic heterocycles. The van der Waals surface area contributed by atoms with Crippen molar-refractivity contribution in [3.05, 3.63) is 95.6 Å². The molecule has 0 saturated heterocycles. The van der Waals surface area contributed by atoms with Crippen LogP contribution in [0.4, 0.5) is 14.5 Å². The van der Waals surface area contributed by atoms with Crippen molar-refractivity contribution < 1.29 is 18.1 Å². The fourth-order valence-corrected chi connectivity index (χ4v) is 2.74. The first kappa shape index (κ1) is 18.4. The number of carbonyl (C=O) groups excluding carboxylic acids is 1. The lowest BCUT2D eigenvalue weighted by Crippen LogP contribution is -2.14. The highest BCUT2D eigenvalue weighted by molar-refractivity contribution is 6.04. The van der Waals surface area contributed by atoms with Crippen LogP contribution in [0, 0.1) is 11.6 Å². The molecule has 2 heterocycles. The molecule has 2 aromatic carbocycles. The van der Waals surface area contributed by atoms with E-state index in [4.69, 9.17) is 4.52 Å². The molecule has 4 rings (SSSR count). The number of anilines is 1. The highest BCUT2D eigenvalue weighted by Crippen LogP contribution is 2.21. The summed E-state index contributed by atoms with van der Waals surface area (Å²) in [6, 6.07) is 13.6. The predicted molar refractivity (Wildman–Crippen MR) is 101 cm³/mol. The molecule has 0 aliphatic carbocycles. The van der Waals surface area contributed by atoms with Gasteiger partial charge in [0.05, 0.1) is 6.42 Å². The standard InChI is InChI=1S/C21H14F2N4O2/c22-16-6-5-15(11-17(16)23)21(28)25-18-4-2-1-3-14(18)12-19-26-20(27-29-19)13-7-9-24-10-8-13/h1-11H,12H2,(H,25,28). The number of benzene rings is 2. The third kappa shape index (κ3) is 4.16. The van der Waals surface area contributed by atoms with Crippen molar-refractivity contribution in [2.45, 2.75) is 6.42 Å². The van der Waals surface area contributed by atoms with Crippen LogP contribution >= 0.6 is 0 Å². The topological polar surface area (TPSA) is 80.9 Å². The van der Waals surface area contributed by atoms with E-state index in [1.165, 1.54) is 6.07 Å². The number of aromatic nitrogens is 3. The molecule has 4 aromatic rings. The van der Waals surface area contributed by atoms with Crippen LogP contribution in [0.15, 0.2) is 71.5 Å². The van der Waals surface area contributed by atoms with Crippen LogP contribution in [0.2, 0.25) is 0 Å². The predicted octanol–water partition coefficient (Wildman–Crippen LogP) is 4.25. The lowest BCUT2D eigenvalue weighted by atomic mass is 10.1. The van der Waals surface area contributed by atoms with E-state index < -0.39 is 17.5 Å². The summed E-state index contributed by atoms with van der Waals surface area (Å²) in [7, 11) is 0. The van der Waals surface area contributed by atoms with Crippen LogP contribution < -0.4 is 5.32 Å². The number of nitrogens with zero attached hydrogens (tertiary/aromatic N) is 3. The molecule has 1 N–H and O–H groups in total. The summed E-state index contributed by atoms with van der Waals surface area (Å²) in [6.45, 7) is 0. The SMILES string of the molecule is O=C(Nc1ccccc1Cc1nc(-c2ccncc2)no1)c1ccc(F)c(F)c1. The molecule has 0 unspecified atom stereocenters. The number of rotatable bonds is 5. The third-order valence-corrected chi connectivity index (χ3v) is 4.20. The first-order valence-corrected chi connectivity index (χ1v) is 8.67. The van der Waals surface area contributed by atoms with E-state index in [9.17, 15) is 13.6 Å². The number of hydrogen-bond donors (Lipinski definition) is 1. The number of pyridine rings is 1. The van der Waals surface area contributed by atoms with Gasteiger partial charge in [-0.1, -0.05) is 23.4 Å². The van der Waals surface area contributed by atoms with Crippen LogP contribution in [0.1, 0.15) is 21.8 Å². The number of hydrogen-bond acceptors (Lipinski definition) is 5. The molecular weight excluding hydrogens is 378 g/mol. The molecule has 0 aliphatic rings. The van der Waals surface area contributed by atoms with Gasteiger partial charge < -0.3 is 9.84 Å². The quantitative estimate of drug-likeness (QED) is 0.549. The van der Waals surface area contributed by atoms with Crippen molar-refractivity contribution in [2.75, 3.05) is 5.32 Å². The van der Waals surface area contributed by atoms with Gasteiger partial charge in [-0.05, 0) is 42.0 Å². The summed E-state index contributed by atoms with van der Waals surface area (Å²) in [5.74, 6) is -1.85. The summed E-state index contributed by atoms with van der Waals surface area (Å²) >= 11 is 0. The zero-order valence-corrected chi connectivity index (χ0v) is 15.0. The van der Waals surface area contributed by atoms with Gasteiger partial charge in [-0.2, -0.15) is 4.98 Å². The van der Waals surface area contributed by atoms with Gasteiger partial charge in [0.25, 0.3) is 5.91 Å². The van der Waals surface area contributed by atoms with Gasteiger partial charge in [0.1, 0.15) is 0 Å². The van der Waals surface area contributed by atoms with Crippen LogP contribution in [-0.4, -0.2) is 21.0 Å². The number of para-hydroxylation sites is 1. The minimum atomic E-state index is -1.08. The van der Waals surface area contributed by atoms with Gasteiger partial charge in [0, 0.05) is 29.2 Å². The molecule has 0 radical (unpaired) electrons. The second-order valence-corrected chi connectivity index (χ2v) is 6.16. The normalized spacial score (nSPS) is 10.7. The van der Waals surface area contributed by atoms with Gasteiger partial charge in [-0.15, -0.1) is 0 Å². The summed E-state index contributed by atoms with van der Waals surface area (Å²) in [5.41, 5.74) is 2.02. The Kier molecular flexibility index (Phi) is 5.07. The maximum Gasteiger partial charge on any atom is 0.255 e. The van der Waals surface area contributed by atoms with Crippen molar-refractivity contribution in [3.63, 3.8) is 0 Å². The molecule has 0 bridgehead atoms. The first-order chi connectivity index (χ1) is 14.1. The Hall–Kier alpha value is -3.94. The maximum atomic E-state index is 13.4. The minimum absolute atomic E-state index is 0.0106. The Morgan fingerprint density at radius 1 is 1.00 bits per heavy atom. The van der Waals surface area contributed by atoms with Gasteiger partial charge in [-0.25, -0.2) is 8.78 Å². The smallest absolute Gasteiger partial charge is 0.255 e. The molecule has 144 valence electrons. The summed E-state index contributed by atoms with van der Waals surface area (Å²) in [4.78, 5) is 20.7. The minimum Gasteiger partial charge on any atom is -0.339 e. The number of carbonyl (C=O) groups is 1. The second kappa shape index (κ2) is 7.97. The van der Waals surface area contributed by atoms with E-state index in [2.05, 4.69) is 20.4 Å². The Balaban J connectivity index is 1.53. The Morgan fingerprint density at radius 3 is 2.59 bits per heavy atom. The summed E-state index contributed by atoms with van der Waals surface area (Å²) in [6.07, 6.45) is 3.55. The number of nitrogens with one attached hydrogen (secondary N) is 1. The molecule has 6 nitrogen and oxygen atoms in total. The first-order valence-electron chi connectivity index (χ1n) is 8.67. The highest BCUT2D eigenvalue weighted by Gasteiger charge is 2.14. The van der Waals surface area contributed by atoms with Crippen molar-refractivity contribution in [1.29, 1.82) is 0 Å². The highest BCUT2D eigenvalue weighted by atomic mass is 19.2. The fraction of sp³-hybridized carbons (Fsp3) is 0.0476. The Labute approximate surface area is 164 Å². The maximum absolute atomic E-state index is 13.4. The van der Waals surface area contributed by atoms with Crippen molar-refractivity contribution in [2.24, 2.45) is 0 Å². The van der Waals surface area contributed by atoms with E-state index in [0.29, 0.717) is 17.4 Å². The van der Waals surface area contributed by atoms with Gasteiger partial charge >= 0.3 is 0 Å². The van der Waals surface area contributed by atoms with Gasteiger partial charge in [0.15, 0.2) is 11.6 Å². The average Bonchev–Trinajstić information content (AvgIpc) is 3.21. The molecule has 0 saturated carbocycles. The molecule has 0 spiro atoms. The molecule has 0 fully saturated rings. The van der Waals surface area contributed by atoms with Crippen LogP contribution in [-0.2, 0) is 6.42 Å². The van der Waals surface area contributed by atoms with E-state index >= 15 is 0 Å². The van der Waals surface area contributed by atoms with E-state index in [-0.39, 0.29) is 12.0 Å². The van der Waals surface area contributed by atoms with Crippen molar-refractivity contribution in [1.82, 2.24) is 15.1 Å². The van der Waals surface area contributed by atoms with Gasteiger partial charge in [0.2, 0.25) is 11.7 Å². The lowest BCUT2D eigenvalue weighted by molar-refractivity contribution is 0.102. The largest absolute Gasteiger partial charge is 0.339 e. The summed E-state index contributed by atoms with van der Waals surface area (Å²) < 4.78 is 31.8. The second-order valence-electron chi connectivity index (χ2n) is 6.16. The molecular formula is C21H14F2N4O2. The zero-order chi connectivity index (χ0) is 20.2. The van der Waals surface area contributed by atoms with Crippen molar-refractivity contribution >= 4 is 11.6 Å². The van der Waals surface area contributed by atoms with Crippen molar-refractivity contribution in [3.8, 4) is 11.4 Å². The van der Waals surface area contributed by atoms with E-state index in [1.54, 1.807) is 42.7 Å². The zero-order valence-electron chi connectivity index (χ0n) is 15.0. The molecule has 0 atom stereocenters. The summed E-state index contributed by atoms with van der Waals surface area (Å²) in [5, 5.41) is 6.67. The lowest BCUT2D eigenvalue weighted by Gasteiger charge is -2.10.